The Hall–Kier alpha value is -3.53. The molecule has 0 spiro atoms. The van der Waals surface area contributed by atoms with Crippen LogP contribution in [-0.4, -0.2) is 18.6 Å². The third-order valence-corrected chi connectivity index (χ3v) is 5.45. The summed E-state index contributed by atoms with van der Waals surface area (Å²) in [5.74, 6) is 2.51. The molecule has 29 heavy (non-hydrogen) atoms. The zero-order valence-electron chi connectivity index (χ0n) is 16.6. The van der Waals surface area contributed by atoms with Crippen LogP contribution in [0.4, 0.5) is 11.4 Å². The second-order valence-corrected chi connectivity index (χ2v) is 7.22. The van der Waals surface area contributed by atoms with E-state index in [4.69, 9.17) is 14.5 Å². The van der Waals surface area contributed by atoms with Crippen molar-refractivity contribution in [1.29, 1.82) is 0 Å². The maximum absolute atomic E-state index is 6.08. The SMILES string of the molecule is COc1ccc(N2CCc3c(C)nc4ccc(Oc5ccccc5)cc4c32)cc1. The van der Waals surface area contributed by atoms with E-state index in [1.54, 1.807) is 7.11 Å². The predicted octanol–water partition coefficient (Wildman–Crippen LogP) is 6.04. The number of anilines is 2. The number of para-hydroxylation sites is 1. The molecule has 0 radical (unpaired) electrons. The quantitative estimate of drug-likeness (QED) is 0.431. The maximum atomic E-state index is 6.08. The topological polar surface area (TPSA) is 34.6 Å². The van der Waals surface area contributed by atoms with E-state index in [-0.39, 0.29) is 0 Å². The molecule has 4 nitrogen and oxygen atoms in total. The first-order chi connectivity index (χ1) is 14.2. The van der Waals surface area contributed by atoms with Crippen LogP contribution in [0.3, 0.4) is 0 Å². The first-order valence-electron chi connectivity index (χ1n) is 9.80. The molecule has 0 aliphatic carbocycles. The van der Waals surface area contributed by atoms with Gasteiger partial charge in [0.05, 0.1) is 18.3 Å². The standard InChI is InChI=1S/C25H22N2O2/c1-17-22-14-15-27(18-8-10-19(28-2)11-9-18)25(22)23-16-21(12-13-24(23)26-17)29-20-6-4-3-5-7-20/h3-13,16H,14-15H2,1-2H3. The van der Waals surface area contributed by atoms with Crippen LogP contribution in [0.2, 0.25) is 0 Å². The number of hydrogen-bond donors (Lipinski definition) is 0. The van der Waals surface area contributed by atoms with Gasteiger partial charge >= 0.3 is 0 Å². The summed E-state index contributed by atoms with van der Waals surface area (Å²) in [4.78, 5) is 7.22. The van der Waals surface area contributed by atoms with Gasteiger partial charge in [0, 0.05) is 23.3 Å². The summed E-state index contributed by atoms with van der Waals surface area (Å²) in [6.45, 7) is 3.04. The van der Waals surface area contributed by atoms with Gasteiger partial charge in [-0.2, -0.15) is 0 Å². The predicted molar refractivity (Wildman–Crippen MR) is 117 cm³/mol. The molecule has 2 heterocycles. The van der Waals surface area contributed by atoms with E-state index in [2.05, 4.69) is 30.0 Å². The second kappa shape index (κ2) is 7.13. The molecule has 0 fully saturated rings. The number of ether oxygens (including phenoxy) is 2. The van der Waals surface area contributed by atoms with Gasteiger partial charge in [0.2, 0.25) is 0 Å². The first kappa shape index (κ1) is 17.6. The number of fused-ring (bicyclic) bond motifs is 3. The number of benzene rings is 3. The van der Waals surface area contributed by atoms with Gasteiger partial charge in [-0.15, -0.1) is 0 Å². The van der Waals surface area contributed by atoms with Crippen LogP contribution < -0.4 is 14.4 Å². The molecule has 1 aromatic heterocycles. The highest BCUT2D eigenvalue weighted by Gasteiger charge is 2.26. The Labute approximate surface area is 170 Å². The summed E-state index contributed by atoms with van der Waals surface area (Å²) in [7, 11) is 1.69. The maximum Gasteiger partial charge on any atom is 0.128 e. The highest BCUT2D eigenvalue weighted by Crippen LogP contribution is 2.42. The lowest BCUT2D eigenvalue weighted by atomic mass is 10.1. The molecular weight excluding hydrogens is 360 g/mol. The Morgan fingerprint density at radius 2 is 1.62 bits per heavy atom. The van der Waals surface area contributed by atoms with E-state index in [0.29, 0.717) is 0 Å². The Bertz CT molecular complexity index is 1170. The molecule has 144 valence electrons. The van der Waals surface area contributed by atoms with Crippen molar-refractivity contribution >= 4 is 22.3 Å². The number of methoxy groups -OCH3 is 1. The summed E-state index contributed by atoms with van der Waals surface area (Å²) < 4.78 is 11.4. The van der Waals surface area contributed by atoms with Crippen LogP contribution >= 0.6 is 0 Å². The number of rotatable bonds is 4. The molecule has 0 N–H and O–H groups in total. The fraction of sp³-hybridized carbons (Fsp3) is 0.160. The minimum Gasteiger partial charge on any atom is -0.497 e. The van der Waals surface area contributed by atoms with E-state index in [0.717, 1.165) is 52.5 Å². The van der Waals surface area contributed by atoms with Gasteiger partial charge in [0.1, 0.15) is 17.2 Å². The van der Waals surface area contributed by atoms with Crippen molar-refractivity contribution in [2.45, 2.75) is 13.3 Å². The van der Waals surface area contributed by atoms with Gasteiger partial charge in [-0.05, 0) is 73.5 Å². The molecule has 0 saturated heterocycles. The number of hydrogen-bond acceptors (Lipinski definition) is 4. The summed E-state index contributed by atoms with van der Waals surface area (Å²) >= 11 is 0. The summed E-state index contributed by atoms with van der Waals surface area (Å²) in [5.41, 5.74) is 5.79. The molecule has 4 aromatic rings. The molecule has 3 aromatic carbocycles. The molecule has 5 rings (SSSR count). The van der Waals surface area contributed by atoms with Gasteiger partial charge in [-0.25, -0.2) is 0 Å². The zero-order chi connectivity index (χ0) is 19.8. The van der Waals surface area contributed by atoms with Gasteiger partial charge < -0.3 is 14.4 Å². The van der Waals surface area contributed by atoms with Crippen molar-refractivity contribution in [3.05, 3.63) is 84.1 Å². The van der Waals surface area contributed by atoms with E-state index < -0.39 is 0 Å². The molecule has 0 unspecified atom stereocenters. The number of aryl methyl sites for hydroxylation is 1. The minimum absolute atomic E-state index is 0.818. The normalized spacial score (nSPS) is 12.8. The monoisotopic (exact) mass is 382 g/mol. The molecule has 1 aliphatic rings. The lowest BCUT2D eigenvalue weighted by molar-refractivity contribution is 0.415. The Balaban J connectivity index is 1.61. The zero-order valence-corrected chi connectivity index (χ0v) is 16.6. The molecule has 0 bridgehead atoms. The summed E-state index contributed by atoms with van der Waals surface area (Å²) in [6, 6.07) is 24.2. The van der Waals surface area contributed by atoms with Crippen molar-refractivity contribution in [3.8, 4) is 17.2 Å². The van der Waals surface area contributed by atoms with Crippen LogP contribution in [0.15, 0.2) is 72.8 Å². The van der Waals surface area contributed by atoms with Gasteiger partial charge in [-0.3, -0.25) is 4.98 Å². The van der Waals surface area contributed by atoms with Crippen LogP contribution in [0.1, 0.15) is 11.3 Å². The van der Waals surface area contributed by atoms with Crippen LogP contribution in [-0.2, 0) is 6.42 Å². The van der Waals surface area contributed by atoms with Crippen molar-refractivity contribution in [2.24, 2.45) is 0 Å². The highest BCUT2D eigenvalue weighted by molar-refractivity contribution is 5.98. The molecule has 0 atom stereocenters. The average molecular weight is 382 g/mol. The lowest BCUT2D eigenvalue weighted by Crippen LogP contribution is -2.13. The third kappa shape index (κ3) is 3.17. The van der Waals surface area contributed by atoms with Crippen LogP contribution in [0.5, 0.6) is 17.2 Å². The molecule has 4 heteroatoms. The Morgan fingerprint density at radius 1 is 0.862 bits per heavy atom. The first-order valence-corrected chi connectivity index (χ1v) is 9.80. The number of nitrogens with zero attached hydrogens (tertiary/aromatic N) is 2. The van der Waals surface area contributed by atoms with Gasteiger partial charge in [0.15, 0.2) is 0 Å². The highest BCUT2D eigenvalue weighted by atomic mass is 16.5. The summed E-state index contributed by atoms with van der Waals surface area (Å²) in [6.07, 6.45) is 0.986. The van der Waals surface area contributed by atoms with Crippen LogP contribution in [0.25, 0.3) is 10.9 Å². The van der Waals surface area contributed by atoms with Crippen molar-refractivity contribution < 1.29 is 9.47 Å². The van der Waals surface area contributed by atoms with Crippen molar-refractivity contribution in [2.75, 3.05) is 18.6 Å². The molecule has 0 saturated carbocycles. The van der Waals surface area contributed by atoms with Crippen molar-refractivity contribution in [1.82, 2.24) is 4.98 Å². The average Bonchev–Trinajstić information content (AvgIpc) is 3.21. The van der Waals surface area contributed by atoms with E-state index >= 15 is 0 Å². The van der Waals surface area contributed by atoms with E-state index in [1.807, 2.05) is 54.6 Å². The smallest absolute Gasteiger partial charge is 0.128 e. The van der Waals surface area contributed by atoms with E-state index in [1.165, 1.54) is 11.3 Å². The fourth-order valence-corrected chi connectivity index (χ4v) is 4.04. The van der Waals surface area contributed by atoms with Crippen LogP contribution in [0, 0.1) is 6.92 Å². The Kier molecular flexibility index (Phi) is 4.32. The van der Waals surface area contributed by atoms with E-state index in [9.17, 15) is 0 Å². The minimum atomic E-state index is 0.818. The van der Waals surface area contributed by atoms with Gasteiger partial charge in [-0.1, -0.05) is 18.2 Å². The number of pyridine rings is 1. The third-order valence-electron chi connectivity index (χ3n) is 5.45. The fourth-order valence-electron chi connectivity index (χ4n) is 4.04. The molecular formula is C25H22N2O2. The summed E-state index contributed by atoms with van der Waals surface area (Å²) in [5, 5.41) is 1.12. The number of aromatic nitrogens is 1. The lowest BCUT2D eigenvalue weighted by Gasteiger charge is -2.22. The second-order valence-electron chi connectivity index (χ2n) is 7.22. The largest absolute Gasteiger partial charge is 0.497 e. The Morgan fingerprint density at radius 3 is 2.38 bits per heavy atom. The van der Waals surface area contributed by atoms with Crippen molar-refractivity contribution in [3.63, 3.8) is 0 Å². The van der Waals surface area contributed by atoms with Gasteiger partial charge in [0.25, 0.3) is 0 Å². The molecule has 0 amide bonds. The molecule has 1 aliphatic heterocycles.